The molecular formula is C61H62F6N12O5. The fourth-order valence-corrected chi connectivity index (χ4v) is 9.84. The van der Waals surface area contributed by atoms with Crippen molar-refractivity contribution in [2.75, 3.05) is 104 Å². The molecule has 4 amide bonds. The predicted molar refractivity (Wildman–Crippen MR) is 309 cm³/mol. The Labute approximate surface area is 481 Å². The van der Waals surface area contributed by atoms with E-state index < -0.39 is 41.2 Å². The minimum Gasteiger partial charge on any atom is -0.398 e. The van der Waals surface area contributed by atoms with Crippen LogP contribution in [0.3, 0.4) is 0 Å². The van der Waals surface area contributed by atoms with E-state index in [2.05, 4.69) is 50.6 Å². The van der Waals surface area contributed by atoms with Crippen LogP contribution in [0.1, 0.15) is 91.1 Å². The summed E-state index contributed by atoms with van der Waals surface area (Å²) in [5, 5.41) is 8.31. The highest BCUT2D eigenvalue weighted by molar-refractivity contribution is 6.13. The number of halogens is 6. The van der Waals surface area contributed by atoms with Gasteiger partial charge in [0.25, 0.3) is 23.6 Å². The smallest absolute Gasteiger partial charge is 0.398 e. The van der Waals surface area contributed by atoms with E-state index in [1.165, 1.54) is 61.5 Å². The van der Waals surface area contributed by atoms with Gasteiger partial charge in [-0.25, -0.2) is 19.9 Å². The number of nitrogen functional groups attached to an aromatic ring is 1. The van der Waals surface area contributed by atoms with E-state index in [9.17, 15) is 45.5 Å². The number of nitrogens with zero attached hydrogens (tertiary/aromatic N) is 8. The molecule has 0 radical (unpaired) electrons. The van der Waals surface area contributed by atoms with E-state index in [1.807, 2.05) is 12.1 Å². The number of hydrogen-bond acceptors (Lipinski definition) is 13. The molecule has 5 aromatic carbocycles. The maximum Gasteiger partial charge on any atom is 0.416 e. The van der Waals surface area contributed by atoms with Crippen LogP contribution in [0.2, 0.25) is 0 Å². The molecule has 0 unspecified atom stereocenters. The Bertz CT molecular complexity index is 3440. The lowest BCUT2D eigenvalue weighted by Crippen LogP contribution is -2.41. The van der Waals surface area contributed by atoms with Crippen molar-refractivity contribution in [3.63, 3.8) is 0 Å². The molecular weight excluding hydrogens is 1090 g/mol. The van der Waals surface area contributed by atoms with Crippen molar-refractivity contribution < 1.29 is 50.3 Å². The maximum absolute atomic E-state index is 13.8. The normalized spacial score (nSPS) is 14.8. The number of morpholine rings is 1. The number of alkyl halides is 6. The number of aromatic nitrogens is 4. The van der Waals surface area contributed by atoms with Gasteiger partial charge in [-0.15, -0.1) is 0 Å². The van der Waals surface area contributed by atoms with Crippen LogP contribution in [-0.2, 0) is 17.1 Å². The van der Waals surface area contributed by atoms with Crippen molar-refractivity contribution >= 4 is 57.8 Å². The molecule has 0 bridgehead atoms. The molecule has 5 N–H and O–H groups in total. The topological polar surface area (TPSA) is 204 Å². The number of benzene rings is 5. The van der Waals surface area contributed by atoms with Crippen molar-refractivity contribution in [2.45, 2.75) is 50.9 Å². The maximum atomic E-state index is 13.8. The Balaban J connectivity index is 0.000000226. The van der Waals surface area contributed by atoms with E-state index in [4.69, 9.17) is 10.5 Å². The zero-order valence-electron chi connectivity index (χ0n) is 46.0. The second kappa shape index (κ2) is 27.0. The third kappa shape index (κ3) is 15.6. The van der Waals surface area contributed by atoms with Gasteiger partial charge in [-0.05, 0) is 117 Å². The first kappa shape index (κ1) is 59.7. The molecule has 2 aromatic heterocycles. The largest absolute Gasteiger partial charge is 0.416 e. The molecule has 5 heterocycles. The van der Waals surface area contributed by atoms with Crippen LogP contribution in [0.15, 0.2) is 134 Å². The predicted octanol–water partition coefficient (Wildman–Crippen LogP) is 11.0. The van der Waals surface area contributed by atoms with Crippen LogP contribution in [0.4, 0.5) is 60.5 Å². The summed E-state index contributed by atoms with van der Waals surface area (Å²) in [6.07, 6.45) is 2.96. The number of piperidine rings is 2. The second-order valence-electron chi connectivity index (χ2n) is 20.5. The van der Waals surface area contributed by atoms with E-state index in [-0.39, 0.29) is 51.2 Å². The molecule has 7 aromatic rings. The van der Waals surface area contributed by atoms with E-state index >= 15 is 0 Å². The fraction of sp³-hybridized carbons (Fsp3) is 0.311. The average molecular weight is 1160 g/mol. The van der Waals surface area contributed by atoms with Crippen LogP contribution >= 0.6 is 0 Å². The number of rotatable bonds is 14. The van der Waals surface area contributed by atoms with Gasteiger partial charge in [0.2, 0.25) is 0 Å². The molecule has 3 aliphatic heterocycles. The molecule has 3 saturated heterocycles. The molecule has 0 saturated carbocycles. The Morgan fingerprint density at radius 1 is 0.548 bits per heavy atom. The van der Waals surface area contributed by atoms with Crippen molar-refractivity contribution in [3.8, 4) is 22.8 Å². The van der Waals surface area contributed by atoms with Gasteiger partial charge in [0.15, 0.2) is 11.6 Å². The van der Waals surface area contributed by atoms with Crippen LogP contribution in [0.5, 0.6) is 0 Å². The molecule has 17 nitrogen and oxygen atoms in total. The lowest BCUT2D eigenvalue weighted by Gasteiger charge is -2.29. The summed E-state index contributed by atoms with van der Waals surface area (Å²) in [4.78, 5) is 78.2. The molecule has 10 rings (SSSR count). The number of carbonyl (C=O) groups excluding carboxylic acids is 4. The van der Waals surface area contributed by atoms with Gasteiger partial charge < -0.3 is 41.1 Å². The quantitative estimate of drug-likeness (QED) is 0.0592. The summed E-state index contributed by atoms with van der Waals surface area (Å²) >= 11 is 0. The van der Waals surface area contributed by atoms with Gasteiger partial charge in [0.05, 0.1) is 77.3 Å². The van der Waals surface area contributed by atoms with Crippen LogP contribution in [0, 0.1) is 0 Å². The Hall–Kier alpha value is -8.96. The van der Waals surface area contributed by atoms with Crippen molar-refractivity contribution in [2.24, 2.45) is 0 Å². The molecule has 3 aliphatic rings. The average Bonchev–Trinajstić information content (AvgIpc) is 3.65. The zero-order valence-corrected chi connectivity index (χ0v) is 46.0. The Morgan fingerprint density at radius 2 is 1.02 bits per heavy atom. The van der Waals surface area contributed by atoms with Gasteiger partial charge in [-0.2, -0.15) is 26.3 Å². The highest BCUT2D eigenvalue weighted by Crippen LogP contribution is 2.34. The highest BCUT2D eigenvalue weighted by Gasteiger charge is 2.32. The van der Waals surface area contributed by atoms with Gasteiger partial charge in [0.1, 0.15) is 0 Å². The summed E-state index contributed by atoms with van der Waals surface area (Å²) in [6, 6.07) is 26.6. The first-order chi connectivity index (χ1) is 40.4. The molecule has 0 spiro atoms. The number of anilines is 6. The standard InChI is InChI=1S/C38H40F3N7O4.C23H22F3N5O/c1-46(15-16-47-17-19-52-20-18-47)37(51)28-9-5-8-27(21-28)35(49)45-33-12-11-31(48-13-3-2-4-14-48)23-32(33)36(50)44-30-24-42-34(43-25-30)26-7-6-10-29(22-26)38(39,40)41;24-23(25,26)16-6-4-5-15(11-16)21-28-13-17(14-29-21)30-22(32)19-12-18(7-8-20(19)27)31-9-2-1-3-10-31/h5-12,21-25H,2-4,13-20H2,1H3,(H,44,50)(H,45,49);4-8,11-14H,1-3,9-10,27H2,(H,30,32). The second-order valence-corrected chi connectivity index (χ2v) is 20.5. The number of hydrogen-bond donors (Lipinski definition) is 4. The van der Waals surface area contributed by atoms with E-state index in [1.54, 1.807) is 54.4 Å². The van der Waals surface area contributed by atoms with Crippen LogP contribution < -0.4 is 31.5 Å². The van der Waals surface area contributed by atoms with Crippen LogP contribution in [-0.4, -0.2) is 126 Å². The Morgan fingerprint density at radius 3 is 1.55 bits per heavy atom. The summed E-state index contributed by atoms with van der Waals surface area (Å²) in [7, 11) is 1.73. The lowest BCUT2D eigenvalue weighted by atomic mass is 10.1. The molecule has 0 atom stereocenters. The van der Waals surface area contributed by atoms with Crippen molar-refractivity contribution in [3.05, 3.63) is 167 Å². The summed E-state index contributed by atoms with van der Waals surface area (Å²) in [6.45, 7) is 7.77. The highest BCUT2D eigenvalue weighted by atomic mass is 19.4. The first-order valence-electron chi connectivity index (χ1n) is 27.5. The minimum atomic E-state index is -4.51. The van der Waals surface area contributed by atoms with Gasteiger partial charge in [-0.3, -0.25) is 24.1 Å². The van der Waals surface area contributed by atoms with E-state index in [0.29, 0.717) is 42.3 Å². The number of nitrogens with one attached hydrogen (secondary N) is 3. The van der Waals surface area contributed by atoms with Crippen LogP contribution in [0.25, 0.3) is 22.8 Å². The zero-order chi connectivity index (χ0) is 59.4. The molecule has 3 fully saturated rings. The number of ether oxygens (including phenoxy) is 1. The third-order valence-electron chi connectivity index (χ3n) is 14.5. The number of nitrogens with two attached hydrogens (primary N) is 1. The van der Waals surface area contributed by atoms with Crippen molar-refractivity contribution in [1.82, 2.24) is 29.7 Å². The third-order valence-corrected chi connectivity index (χ3v) is 14.5. The molecule has 438 valence electrons. The molecule has 84 heavy (non-hydrogen) atoms. The number of likely N-dealkylation sites (N-methyl/N-ethyl adjacent to an activating group) is 1. The van der Waals surface area contributed by atoms with Gasteiger partial charge in [-0.1, -0.05) is 30.3 Å². The van der Waals surface area contributed by atoms with E-state index in [0.717, 1.165) is 114 Å². The first-order valence-corrected chi connectivity index (χ1v) is 27.5. The molecule has 0 aliphatic carbocycles. The molecule has 23 heteroatoms. The number of amides is 4. The summed E-state index contributed by atoms with van der Waals surface area (Å²) < 4.78 is 83.9. The summed E-state index contributed by atoms with van der Waals surface area (Å²) in [5.41, 5.74) is 8.88. The monoisotopic (exact) mass is 1160 g/mol. The van der Waals surface area contributed by atoms with Gasteiger partial charge >= 0.3 is 12.4 Å². The van der Waals surface area contributed by atoms with Crippen molar-refractivity contribution in [1.29, 1.82) is 0 Å². The lowest BCUT2D eigenvalue weighted by molar-refractivity contribution is -0.138. The number of carbonyl (C=O) groups is 4. The minimum absolute atomic E-state index is 0.0631. The Kier molecular flexibility index (Phi) is 19.1. The summed E-state index contributed by atoms with van der Waals surface area (Å²) in [5.74, 6) is -1.48. The van der Waals surface area contributed by atoms with Gasteiger partial charge in [0, 0.05) is 98.7 Å². The fourth-order valence-electron chi connectivity index (χ4n) is 9.84. The SMILES string of the molecule is CN(CCN1CCOCC1)C(=O)c1cccc(C(=O)Nc2ccc(N3CCCCC3)cc2C(=O)Nc2cnc(-c3cccc(C(F)(F)F)c3)nc2)c1.Nc1ccc(N2CCCCC2)cc1C(=O)Nc1cnc(-c2cccc(C(F)(F)F)c2)nc1.